The molecule has 0 aromatic rings. The zero-order valence-corrected chi connectivity index (χ0v) is 7.42. The van der Waals surface area contributed by atoms with E-state index in [1.54, 1.807) is 0 Å². The fourth-order valence-electron chi connectivity index (χ4n) is 1.63. The molecule has 0 spiro atoms. The van der Waals surface area contributed by atoms with Gasteiger partial charge >= 0.3 is 0 Å². The number of likely N-dealkylation sites (N-methyl/N-ethyl adjacent to an activating group) is 1. The van der Waals surface area contributed by atoms with E-state index in [1.165, 1.54) is 0 Å². The summed E-state index contributed by atoms with van der Waals surface area (Å²) in [6.45, 7) is 7.99. The monoisotopic (exact) mass is 158 g/mol. The van der Waals surface area contributed by atoms with E-state index in [9.17, 15) is 0 Å². The Kier molecular flexibility index (Phi) is 3.30. The van der Waals surface area contributed by atoms with Gasteiger partial charge in [-0.1, -0.05) is 13.8 Å². The Hall–Kier alpha value is -0.120. The van der Waals surface area contributed by atoms with Crippen molar-refractivity contribution in [2.75, 3.05) is 26.3 Å². The van der Waals surface area contributed by atoms with E-state index < -0.39 is 0 Å². The molecule has 1 saturated heterocycles. The second-order valence-corrected chi connectivity index (χ2v) is 2.99. The molecule has 0 bridgehead atoms. The minimum Gasteiger partial charge on any atom is -0.378 e. The summed E-state index contributed by atoms with van der Waals surface area (Å²) in [7, 11) is 0. The molecule has 11 heavy (non-hydrogen) atoms. The van der Waals surface area contributed by atoms with Crippen LogP contribution in [0.5, 0.6) is 0 Å². The van der Waals surface area contributed by atoms with Crippen molar-refractivity contribution in [1.29, 1.82) is 0 Å². The summed E-state index contributed by atoms with van der Waals surface area (Å²) in [4.78, 5) is 2.36. The summed E-state index contributed by atoms with van der Waals surface area (Å²) in [6, 6.07) is 0.667. The number of rotatable bonds is 3. The van der Waals surface area contributed by atoms with Crippen LogP contribution in [0, 0.1) is 0 Å². The molecular formula is C8H18N2O. The predicted octanol–water partition coefficient (Wildman–Crippen LogP) is 0.0543. The molecule has 0 amide bonds. The maximum absolute atomic E-state index is 5.86. The third-order valence-electron chi connectivity index (χ3n) is 2.37. The topological polar surface area (TPSA) is 38.5 Å². The number of nitrogens with two attached hydrogens (primary N) is 1. The van der Waals surface area contributed by atoms with Crippen LogP contribution >= 0.6 is 0 Å². The molecule has 1 fully saturated rings. The van der Waals surface area contributed by atoms with Gasteiger partial charge in [0.25, 0.3) is 0 Å². The summed E-state index contributed by atoms with van der Waals surface area (Å²) >= 11 is 0. The fraction of sp³-hybridized carbons (Fsp3) is 1.00. The Morgan fingerprint density at radius 1 is 1.36 bits per heavy atom. The first-order chi connectivity index (χ1) is 5.29. The van der Waals surface area contributed by atoms with Gasteiger partial charge in [-0.3, -0.25) is 4.90 Å². The second kappa shape index (κ2) is 4.04. The first kappa shape index (κ1) is 8.97. The molecule has 2 atom stereocenters. The van der Waals surface area contributed by atoms with E-state index in [4.69, 9.17) is 10.5 Å². The van der Waals surface area contributed by atoms with E-state index in [0.29, 0.717) is 6.04 Å². The molecule has 3 heteroatoms. The summed E-state index contributed by atoms with van der Waals surface area (Å²) < 4.78 is 5.29. The van der Waals surface area contributed by atoms with Crippen LogP contribution in [-0.4, -0.2) is 43.3 Å². The average Bonchev–Trinajstić information content (AvgIpc) is 2.40. The molecule has 1 aliphatic heterocycles. The van der Waals surface area contributed by atoms with E-state index in [0.717, 1.165) is 26.3 Å². The smallest absolute Gasteiger partial charge is 0.0638 e. The Balaban J connectivity index is 2.43. The standard InChI is InChI=1S/C8H18N2O/c1-3-10(4-2)8-6-11-5-7(8)9/h7-8H,3-6,9H2,1-2H3. The van der Waals surface area contributed by atoms with Crippen LogP contribution in [0.3, 0.4) is 0 Å². The van der Waals surface area contributed by atoms with Gasteiger partial charge in [-0.2, -0.15) is 0 Å². The lowest BCUT2D eigenvalue weighted by atomic mass is 10.1. The third kappa shape index (κ3) is 1.92. The van der Waals surface area contributed by atoms with Crippen LogP contribution in [0.2, 0.25) is 0 Å². The second-order valence-electron chi connectivity index (χ2n) is 2.99. The molecule has 1 heterocycles. The third-order valence-corrected chi connectivity index (χ3v) is 2.37. The highest BCUT2D eigenvalue weighted by Gasteiger charge is 2.28. The first-order valence-electron chi connectivity index (χ1n) is 4.37. The Labute approximate surface area is 68.5 Å². The molecule has 0 aliphatic carbocycles. The van der Waals surface area contributed by atoms with Crippen molar-refractivity contribution in [2.45, 2.75) is 25.9 Å². The van der Waals surface area contributed by atoms with Gasteiger partial charge in [0.05, 0.1) is 19.3 Å². The van der Waals surface area contributed by atoms with Gasteiger partial charge in [0.15, 0.2) is 0 Å². The highest BCUT2D eigenvalue weighted by atomic mass is 16.5. The maximum atomic E-state index is 5.86. The van der Waals surface area contributed by atoms with Crippen molar-refractivity contribution in [2.24, 2.45) is 5.73 Å². The van der Waals surface area contributed by atoms with Crippen LogP contribution in [-0.2, 0) is 4.74 Å². The van der Waals surface area contributed by atoms with Gasteiger partial charge in [0.2, 0.25) is 0 Å². The van der Waals surface area contributed by atoms with Crippen LogP contribution in [0.25, 0.3) is 0 Å². The molecule has 0 radical (unpaired) electrons. The lowest BCUT2D eigenvalue weighted by Crippen LogP contribution is -2.46. The number of ether oxygens (including phenoxy) is 1. The van der Waals surface area contributed by atoms with Crippen molar-refractivity contribution in [1.82, 2.24) is 4.90 Å². The molecule has 2 unspecified atom stereocenters. The minimum absolute atomic E-state index is 0.217. The molecule has 3 nitrogen and oxygen atoms in total. The lowest BCUT2D eigenvalue weighted by molar-refractivity contribution is 0.151. The summed E-state index contributed by atoms with van der Waals surface area (Å²) in [5.74, 6) is 0. The van der Waals surface area contributed by atoms with Crippen LogP contribution in [0.15, 0.2) is 0 Å². The van der Waals surface area contributed by atoms with Crippen molar-refractivity contribution in [3.63, 3.8) is 0 Å². The maximum Gasteiger partial charge on any atom is 0.0638 e. The molecular weight excluding hydrogens is 140 g/mol. The van der Waals surface area contributed by atoms with Crippen LogP contribution in [0.4, 0.5) is 0 Å². The molecule has 1 aliphatic rings. The number of nitrogens with zero attached hydrogens (tertiary/aromatic N) is 1. The fourth-order valence-corrected chi connectivity index (χ4v) is 1.63. The molecule has 66 valence electrons. The van der Waals surface area contributed by atoms with Crippen molar-refractivity contribution in [3.8, 4) is 0 Å². The Morgan fingerprint density at radius 3 is 2.36 bits per heavy atom. The number of hydrogen-bond acceptors (Lipinski definition) is 3. The SMILES string of the molecule is CCN(CC)C1COCC1N. The van der Waals surface area contributed by atoms with Crippen molar-refractivity contribution in [3.05, 3.63) is 0 Å². The van der Waals surface area contributed by atoms with Gasteiger partial charge in [0, 0.05) is 6.04 Å². The van der Waals surface area contributed by atoms with Gasteiger partial charge in [-0.05, 0) is 13.1 Å². The highest BCUT2D eigenvalue weighted by Crippen LogP contribution is 2.10. The van der Waals surface area contributed by atoms with Crippen LogP contribution < -0.4 is 5.73 Å². The van der Waals surface area contributed by atoms with E-state index >= 15 is 0 Å². The predicted molar refractivity (Wildman–Crippen MR) is 45.5 cm³/mol. The van der Waals surface area contributed by atoms with Crippen LogP contribution in [0.1, 0.15) is 13.8 Å². The van der Waals surface area contributed by atoms with E-state index in [2.05, 4.69) is 18.7 Å². The molecule has 0 aromatic heterocycles. The lowest BCUT2D eigenvalue weighted by Gasteiger charge is -2.27. The zero-order valence-electron chi connectivity index (χ0n) is 7.42. The highest BCUT2D eigenvalue weighted by molar-refractivity contribution is 4.85. The Morgan fingerprint density at radius 2 is 2.00 bits per heavy atom. The average molecular weight is 158 g/mol. The molecule has 1 rings (SSSR count). The minimum atomic E-state index is 0.217. The molecule has 2 N–H and O–H groups in total. The number of hydrogen-bond donors (Lipinski definition) is 1. The quantitative estimate of drug-likeness (QED) is 0.631. The normalized spacial score (nSPS) is 31.6. The van der Waals surface area contributed by atoms with Crippen molar-refractivity contribution < 1.29 is 4.74 Å². The van der Waals surface area contributed by atoms with Gasteiger partial charge in [-0.25, -0.2) is 0 Å². The molecule has 0 saturated carbocycles. The van der Waals surface area contributed by atoms with E-state index in [1.807, 2.05) is 0 Å². The zero-order chi connectivity index (χ0) is 8.27. The summed E-state index contributed by atoms with van der Waals surface area (Å²) in [5, 5.41) is 0. The van der Waals surface area contributed by atoms with E-state index in [-0.39, 0.29) is 6.04 Å². The van der Waals surface area contributed by atoms with Gasteiger partial charge in [0.1, 0.15) is 0 Å². The van der Waals surface area contributed by atoms with Gasteiger partial charge in [-0.15, -0.1) is 0 Å². The summed E-state index contributed by atoms with van der Waals surface area (Å²) in [5.41, 5.74) is 5.86. The first-order valence-corrected chi connectivity index (χ1v) is 4.37. The van der Waals surface area contributed by atoms with Crippen molar-refractivity contribution >= 4 is 0 Å². The summed E-state index contributed by atoms with van der Waals surface area (Å²) in [6.07, 6.45) is 0. The largest absolute Gasteiger partial charge is 0.378 e. The van der Waals surface area contributed by atoms with Gasteiger partial charge < -0.3 is 10.5 Å². The molecule has 0 aromatic carbocycles. The Bertz CT molecular complexity index is 115.